The quantitative estimate of drug-likeness (QED) is 0.302. The van der Waals surface area contributed by atoms with Crippen molar-refractivity contribution in [3.8, 4) is 0 Å². The molecule has 0 aliphatic carbocycles. The van der Waals surface area contributed by atoms with Gasteiger partial charge in [0, 0.05) is 6.61 Å². The molecule has 3 N–H and O–H groups in total. The van der Waals surface area contributed by atoms with Gasteiger partial charge in [-0.2, -0.15) is 0 Å². The van der Waals surface area contributed by atoms with E-state index < -0.39 is 9.05 Å². The summed E-state index contributed by atoms with van der Waals surface area (Å²) in [5.41, 5.74) is 0. The molecule has 0 saturated heterocycles. The summed E-state index contributed by atoms with van der Waals surface area (Å²) in [5.74, 6) is 0. The molecule has 0 aromatic heterocycles. The van der Waals surface area contributed by atoms with E-state index in [0.29, 0.717) is 0 Å². The Morgan fingerprint density at radius 2 is 1.82 bits per heavy atom. The minimum absolute atomic E-state index is 0. The van der Waals surface area contributed by atoms with Crippen molar-refractivity contribution in [3.63, 3.8) is 0 Å². The smallest absolute Gasteiger partial charge is 1.00 e. The van der Waals surface area contributed by atoms with Crippen molar-refractivity contribution in [2.45, 2.75) is 26.2 Å². The SMILES string of the molecule is CCCCCO[Si](O)(O)O.[H-].[Li+]. The first-order chi connectivity index (χ1) is 4.56. The Morgan fingerprint density at radius 1 is 1.27 bits per heavy atom. The van der Waals surface area contributed by atoms with E-state index in [0.717, 1.165) is 19.3 Å². The zero-order chi connectivity index (χ0) is 8.04. The fourth-order valence-corrected chi connectivity index (χ4v) is 0.979. The van der Waals surface area contributed by atoms with Crippen LogP contribution >= 0.6 is 0 Å². The van der Waals surface area contributed by atoms with Gasteiger partial charge in [-0.25, -0.2) is 0 Å². The molecule has 0 heterocycles. The van der Waals surface area contributed by atoms with E-state index >= 15 is 0 Å². The first kappa shape index (κ1) is 14.2. The van der Waals surface area contributed by atoms with E-state index in [-0.39, 0.29) is 26.9 Å². The third kappa shape index (κ3) is 13.6. The van der Waals surface area contributed by atoms with Gasteiger partial charge in [-0.1, -0.05) is 19.8 Å². The van der Waals surface area contributed by atoms with Crippen molar-refractivity contribution in [2.24, 2.45) is 0 Å². The van der Waals surface area contributed by atoms with Crippen molar-refractivity contribution < 1.29 is 39.1 Å². The maximum Gasteiger partial charge on any atom is 1.00 e. The largest absolute Gasteiger partial charge is 1.00 e. The fourth-order valence-electron chi connectivity index (χ4n) is 0.561. The molecule has 0 spiro atoms. The molecule has 64 valence electrons. The summed E-state index contributed by atoms with van der Waals surface area (Å²) in [6, 6.07) is 0. The third-order valence-corrected chi connectivity index (χ3v) is 1.64. The van der Waals surface area contributed by atoms with Crippen LogP contribution in [0.2, 0.25) is 0 Å². The van der Waals surface area contributed by atoms with Crippen molar-refractivity contribution in [2.75, 3.05) is 6.61 Å². The van der Waals surface area contributed by atoms with Crippen molar-refractivity contribution >= 4 is 9.05 Å². The predicted molar refractivity (Wildman–Crippen MR) is 39.0 cm³/mol. The topological polar surface area (TPSA) is 69.9 Å². The molecule has 6 heteroatoms. The third-order valence-electron chi connectivity index (χ3n) is 1.04. The zero-order valence-electron chi connectivity index (χ0n) is 8.08. The Kier molecular flexibility index (Phi) is 9.43. The van der Waals surface area contributed by atoms with E-state index in [9.17, 15) is 0 Å². The molecule has 0 aliphatic heterocycles. The number of hydrogen-bond acceptors (Lipinski definition) is 4. The van der Waals surface area contributed by atoms with Gasteiger partial charge in [0.2, 0.25) is 0 Å². The van der Waals surface area contributed by atoms with Crippen LogP contribution < -0.4 is 18.9 Å². The van der Waals surface area contributed by atoms with Crippen LogP contribution in [0.3, 0.4) is 0 Å². The molecule has 0 aromatic rings. The Bertz CT molecular complexity index is 90.0. The normalized spacial score (nSPS) is 10.9. The Balaban J connectivity index is -0.000000405. The summed E-state index contributed by atoms with van der Waals surface area (Å²) >= 11 is 0. The molecule has 0 aliphatic rings. The molecule has 0 bridgehead atoms. The average Bonchev–Trinajstić information content (AvgIpc) is 1.78. The minimum Gasteiger partial charge on any atom is -1.00 e. The van der Waals surface area contributed by atoms with Gasteiger partial charge in [-0.15, -0.1) is 0 Å². The predicted octanol–water partition coefficient (Wildman–Crippen LogP) is -3.28. The maximum absolute atomic E-state index is 8.34. The fraction of sp³-hybridized carbons (Fsp3) is 1.00. The molecule has 0 radical (unpaired) electrons. The summed E-state index contributed by atoms with van der Waals surface area (Å²) in [4.78, 5) is 25.0. The van der Waals surface area contributed by atoms with E-state index in [4.69, 9.17) is 14.4 Å². The van der Waals surface area contributed by atoms with Crippen LogP contribution in [0.1, 0.15) is 27.6 Å². The average molecular weight is 174 g/mol. The molecule has 0 amide bonds. The molecule has 0 rings (SSSR count). The summed E-state index contributed by atoms with van der Waals surface area (Å²) < 4.78 is 4.34. The van der Waals surface area contributed by atoms with Gasteiger partial charge >= 0.3 is 27.9 Å². The number of unbranched alkanes of at least 4 members (excludes halogenated alkanes) is 2. The number of rotatable bonds is 5. The molecular weight excluding hydrogens is 159 g/mol. The van der Waals surface area contributed by atoms with Crippen molar-refractivity contribution in [1.82, 2.24) is 0 Å². The van der Waals surface area contributed by atoms with Gasteiger partial charge in [0.25, 0.3) is 0 Å². The van der Waals surface area contributed by atoms with Crippen LogP contribution in [-0.2, 0) is 4.43 Å². The molecule has 4 nitrogen and oxygen atoms in total. The molecule has 0 unspecified atom stereocenters. The van der Waals surface area contributed by atoms with E-state index in [1.165, 1.54) is 0 Å². The molecule has 11 heavy (non-hydrogen) atoms. The molecule has 0 atom stereocenters. The maximum atomic E-state index is 8.34. The summed E-state index contributed by atoms with van der Waals surface area (Å²) in [5, 5.41) is 0. The standard InChI is InChI=1S/C5H14O4Si.Li.H/c1-2-3-4-5-9-10(6,7)8;;/h6-8H,2-5H2,1H3;;/q;+1;-1. The second-order valence-corrected chi connectivity index (χ2v) is 3.57. The second kappa shape index (κ2) is 7.31. The van der Waals surface area contributed by atoms with Crippen LogP contribution in [0, 0.1) is 0 Å². The van der Waals surface area contributed by atoms with Crippen molar-refractivity contribution in [1.29, 1.82) is 0 Å². The molecular formula is C5H15LiO4Si. The van der Waals surface area contributed by atoms with E-state index in [1.54, 1.807) is 0 Å². The summed E-state index contributed by atoms with van der Waals surface area (Å²) in [6.07, 6.45) is 2.78. The van der Waals surface area contributed by atoms with Gasteiger partial charge < -0.3 is 20.2 Å². The van der Waals surface area contributed by atoms with Crippen LogP contribution in [0.4, 0.5) is 0 Å². The first-order valence-electron chi connectivity index (χ1n) is 3.37. The summed E-state index contributed by atoms with van der Waals surface area (Å²) in [6.45, 7) is 2.26. The van der Waals surface area contributed by atoms with Crippen LogP contribution in [0.25, 0.3) is 0 Å². The Labute approximate surface area is 81.4 Å². The monoisotopic (exact) mass is 174 g/mol. The Morgan fingerprint density at radius 3 is 2.18 bits per heavy atom. The second-order valence-electron chi connectivity index (χ2n) is 2.13. The van der Waals surface area contributed by atoms with Gasteiger partial charge in [0.15, 0.2) is 0 Å². The van der Waals surface area contributed by atoms with E-state index in [2.05, 4.69) is 4.43 Å². The van der Waals surface area contributed by atoms with Crippen LogP contribution in [-0.4, -0.2) is 30.0 Å². The molecule has 0 saturated carbocycles. The van der Waals surface area contributed by atoms with E-state index in [1.807, 2.05) is 6.92 Å². The number of hydrogen-bond donors (Lipinski definition) is 3. The van der Waals surface area contributed by atoms with Crippen LogP contribution in [0.15, 0.2) is 0 Å². The van der Waals surface area contributed by atoms with Crippen LogP contribution in [0.5, 0.6) is 0 Å². The van der Waals surface area contributed by atoms with Crippen molar-refractivity contribution in [3.05, 3.63) is 0 Å². The first-order valence-corrected chi connectivity index (χ1v) is 5.12. The molecule has 0 aromatic carbocycles. The van der Waals surface area contributed by atoms with Gasteiger partial charge in [-0.3, -0.25) is 0 Å². The Hall–Kier alpha value is 0.654. The molecule has 0 fully saturated rings. The zero-order valence-corrected chi connectivity index (χ0v) is 8.08. The summed E-state index contributed by atoms with van der Waals surface area (Å²) in [7, 11) is -4.21. The minimum atomic E-state index is -4.21. The van der Waals surface area contributed by atoms with Gasteiger partial charge in [0.05, 0.1) is 0 Å². The van der Waals surface area contributed by atoms with Gasteiger partial charge in [-0.05, 0) is 6.42 Å². The van der Waals surface area contributed by atoms with Gasteiger partial charge in [0.1, 0.15) is 0 Å².